The molecular formula is C13H15ClFNOS. The van der Waals surface area contributed by atoms with Crippen LogP contribution >= 0.6 is 23.4 Å². The summed E-state index contributed by atoms with van der Waals surface area (Å²) in [6.45, 7) is 0.939. The SMILES string of the molecule is O=C(Cc1cc(Cl)ccc1F)CC1CSCCN1. The van der Waals surface area contributed by atoms with Gasteiger partial charge in [-0.3, -0.25) is 4.79 Å². The number of nitrogens with one attached hydrogen (secondary N) is 1. The quantitative estimate of drug-likeness (QED) is 0.923. The van der Waals surface area contributed by atoms with E-state index in [9.17, 15) is 9.18 Å². The van der Waals surface area contributed by atoms with Gasteiger partial charge in [0.05, 0.1) is 0 Å². The third-order valence-corrected chi connectivity index (χ3v) is 4.23. The molecule has 0 aliphatic carbocycles. The van der Waals surface area contributed by atoms with Crippen molar-refractivity contribution in [3.05, 3.63) is 34.6 Å². The number of benzene rings is 1. The predicted molar refractivity (Wildman–Crippen MR) is 73.9 cm³/mol. The van der Waals surface area contributed by atoms with E-state index in [0.29, 0.717) is 17.0 Å². The minimum Gasteiger partial charge on any atom is -0.312 e. The minimum atomic E-state index is -0.362. The average molecular weight is 288 g/mol. The zero-order valence-corrected chi connectivity index (χ0v) is 11.5. The number of carbonyl (C=O) groups is 1. The lowest BCUT2D eigenvalue weighted by Crippen LogP contribution is -2.39. The number of halogens is 2. The summed E-state index contributed by atoms with van der Waals surface area (Å²) in [7, 11) is 0. The Labute approximate surface area is 115 Å². The van der Waals surface area contributed by atoms with Crippen LogP contribution in [0.15, 0.2) is 18.2 Å². The summed E-state index contributed by atoms with van der Waals surface area (Å²) < 4.78 is 13.5. The summed E-state index contributed by atoms with van der Waals surface area (Å²) in [4.78, 5) is 11.9. The molecule has 1 N–H and O–H groups in total. The van der Waals surface area contributed by atoms with Gasteiger partial charge >= 0.3 is 0 Å². The molecule has 5 heteroatoms. The minimum absolute atomic E-state index is 0.0520. The Bertz CT molecular complexity index is 435. The lowest BCUT2D eigenvalue weighted by atomic mass is 10.0. The first-order valence-corrected chi connectivity index (χ1v) is 7.45. The molecule has 0 amide bonds. The molecule has 1 aliphatic heterocycles. The van der Waals surface area contributed by atoms with Crippen LogP contribution in [0.4, 0.5) is 4.39 Å². The van der Waals surface area contributed by atoms with E-state index in [4.69, 9.17) is 11.6 Å². The van der Waals surface area contributed by atoms with E-state index < -0.39 is 0 Å². The predicted octanol–water partition coefficient (Wildman–Crippen LogP) is 2.69. The molecule has 1 aromatic rings. The normalized spacial score (nSPS) is 19.8. The van der Waals surface area contributed by atoms with E-state index >= 15 is 0 Å². The summed E-state index contributed by atoms with van der Waals surface area (Å²) in [5, 5.41) is 3.76. The Kier molecular flexibility index (Phi) is 5.03. The van der Waals surface area contributed by atoms with Gasteiger partial charge in [0, 0.05) is 42.0 Å². The largest absolute Gasteiger partial charge is 0.312 e. The maximum atomic E-state index is 13.5. The molecular weight excluding hydrogens is 273 g/mol. The molecule has 1 heterocycles. The molecule has 1 aromatic carbocycles. The maximum Gasteiger partial charge on any atom is 0.138 e. The monoisotopic (exact) mass is 287 g/mol. The number of hydrogen-bond acceptors (Lipinski definition) is 3. The van der Waals surface area contributed by atoms with Gasteiger partial charge in [-0.05, 0) is 23.8 Å². The standard InChI is InChI=1S/C13H15ClFNOS/c14-10-1-2-13(15)9(5-10)6-12(17)7-11-8-18-4-3-16-11/h1-2,5,11,16H,3-4,6-8H2. The second-order valence-corrected chi connectivity index (χ2v) is 5.97. The zero-order valence-electron chi connectivity index (χ0n) is 9.92. The molecule has 2 nitrogen and oxygen atoms in total. The van der Waals surface area contributed by atoms with Crippen LogP contribution in [0.5, 0.6) is 0 Å². The van der Waals surface area contributed by atoms with E-state index in [2.05, 4.69) is 5.32 Å². The van der Waals surface area contributed by atoms with Gasteiger partial charge in [0.15, 0.2) is 0 Å². The molecule has 1 aliphatic rings. The lowest BCUT2D eigenvalue weighted by Gasteiger charge is -2.22. The van der Waals surface area contributed by atoms with Crippen LogP contribution in [0.1, 0.15) is 12.0 Å². The van der Waals surface area contributed by atoms with Gasteiger partial charge < -0.3 is 5.32 Å². The molecule has 0 saturated carbocycles. The second kappa shape index (κ2) is 6.55. The fraction of sp³-hybridized carbons (Fsp3) is 0.462. The average Bonchev–Trinajstić information content (AvgIpc) is 2.35. The van der Waals surface area contributed by atoms with Crippen molar-refractivity contribution >= 4 is 29.1 Å². The molecule has 0 bridgehead atoms. The van der Waals surface area contributed by atoms with Gasteiger partial charge in [-0.25, -0.2) is 4.39 Å². The summed E-state index contributed by atoms with van der Waals surface area (Å²) in [6.07, 6.45) is 0.578. The van der Waals surface area contributed by atoms with Crippen molar-refractivity contribution in [1.29, 1.82) is 0 Å². The van der Waals surface area contributed by atoms with E-state index in [1.807, 2.05) is 11.8 Å². The van der Waals surface area contributed by atoms with Crippen LogP contribution in [-0.4, -0.2) is 29.9 Å². The Balaban J connectivity index is 1.92. The number of thioether (sulfide) groups is 1. The maximum absolute atomic E-state index is 13.5. The van der Waals surface area contributed by atoms with Gasteiger partial charge in [0.1, 0.15) is 11.6 Å². The van der Waals surface area contributed by atoms with Crippen LogP contribution in [-0.2, 0) is 11.2 Å². The van der Waals surface area contributed by atoms with Crippen molar-refractivity contribution in [3.63, 3.8) is 0 Å². The van der Waals surface area contributed by atoms with E-state index in [-0.39, 0.29) is 24.1 Å². The van der Waals surface area contributed by atoms with Crippen LogP contribution in [0.3, 0.4) is 0 Å². The summed E-state index contributed by atoms with van der Waals surface area (Å²) in [5.74, 6) is 1.73. The molecule has 2 rings (SSSR count). The zero-order chi connectivity index (χ0) is 13.0. The molecule has 1 fully saturated rings. The highest BCUT2D eigenvalue weighted by atomic mass is 35.5. The van der Waals surface area contributed by atoms with Gasteiger partial charge in [-0.15, -0.1) is 0 Å². The molecule has 1 unspecified atom stereocenters. The van der Waals surface area contributed by atoms with E-state index in [1.165, 1.54) is 18.2 Å². The van der Waals surface area contributed by atoms with Gasteiger partial charge in [-0.2, -0.15) is 11.8 Å². The highest BCUT2D eigenvalue weighted by Gasteiger charge is 2.17. The van der Waals surface area contributed by atoms with Crippen molar-refractivity contribution in [2.24, 2.45) is 0 Å². The van der Waals surface area contributed by atoms with Crippen molar-refractivity contribution in [2.75, 3.05) is 18.1 Å². The summed E-state index contributed by atoms with van der Waals surface area (Å²) in [6, 6.07) is 4.54. The highest BCUT2D eigenvalue weighted by Crippen LogP contribution is 2.17. The Morgan fingerprint density at radius 2 is 2.39 bits per heavy atom. The van der Waals surface area contributed by atoms with Crippen LogP contribution in [0.25, 0.3) is 0 Å². The van der Waals surface area contributed by atoms with E-state index in [1.54, 1.807) is 0 Å². The number of hydrogen-bond donors (Lipinski definition) is 1. The van der Waals surface area contributed by atoms with Gasteiger partial charge in [0.25, 0.3) is 0 Å². The third-order valence-electron chi connectivity index (χ3n) is 2.87. The topological polar surface area (TPSA) is 29.1 Å². The summed E-state index contributed by atoms with van der Waals surface area (Å²) >= 11 is 7.65. The van der Waals surface area contributed by atoms with Gasteiger partial charge in [-0.1, -0.05) is 11.6 Å². The fourth-order valence-corrected chi connectivity index (χ4v) is 3.13. The fourth-order valence-electron chi connectivity index (χ4n) is 1.99. The molecule has 1 saturated heterocycles. The lowest BCUT2D eigenvalue weighted by molar-refractivity contribution is -0.118. The molecule has 0 radical (unpaired) electrons. The van der Waals surface area contributed by atoms with E-state index in [0.717, 1.165) is 18.1 Å². The number of carbonyl (C=O) groups excluding carboxylic acids is 1. The number of rotatable bonds is 4. The molecule has 0 spiro atoms. The summed E-state index contributed by atoms with van der Waals surface area (Å²) in [5.41, 5.74) is 0.385. The third kappa shape index (κ3) is 3.97. The number of ketones is 1. The smallest absolute Gasteiger partial charge is 0.138 e. The van der Waals surface area contributed by atoms with Crippen molar-refractivity contribution in [3.8, 4) is 0 Å². The van der Waals surface area contributed by atoms with Crippen molar-refractivity contribution in [1.82, 2.24) is 5.32 Å². The Hall–Kier alpha value is -0.580. The van der Waals surface area contributed by atoms with Crippen LogP contribution < -0.4 is 5.32 Å². The number of Topliss-reactive ketones (excluding diaryl/α,β-unsaturated/α-hetero) is 1. The Morgan fingerprint density at radius 3 is 3.11 bits per heavy atom. The first-order valence-electron chi connectivity index (χ1n) is 5.92. The highest BCUT2D eigenvalue weighted by molar-refractivity contribution is 7.99. The van der Waals surface area contributed by atoms with Crippen LogP contribution in [0.2, 0.25) is 5.02 Å². The first kappa shape index (κ1) is 13.8. The molecule has 18 heavy (non-hydrogen) atoms. The van der Waals surface area contributed by atoms with Crippen molar-refractivity contribution in [2.45, 2.75) is 18.9 Å². The second-order valence-electron chi connectivity index (χ2n) is 4.38. The van der Waals surface area contributed by atoms with Gasteiger partial charge in [0.2, 0.25) is 0 Å². The molecule has 0 aromatic heterocycles. The van der Waals surface area contributed by atoms with Crippen LogP contribution in [0, 0.1) is 5.82 Å². The first-order chi connectivity index (χ1) is 8.65. The Morgan fingerprint density at radius 1 is 1.56 bits per heavy atom. The van der Waals surface area contributed by atoms with Crippen molar-refractivity contribution < 1.29 is 9.18 Å². The molecule has 1 atom stereocenters. The molecule has 98 valence electrons.